The minimum absolute atomic E-state index is 0.354. The third-order valence-electron chi connectivity index (χ3n) is 4.03. The Hall–Kier alpha value is -4.36. The summed E-state index contributed by atoms with van der Waals surface area (Å²) in [4.78, 5) is 92.1. The fraction of sp³-hybridized carbons (Fsp3) is 0.556. The molecule has 0 fully saturated rings. The van der Waals surface area contributed by atoms with E-state index >= 15 is 0 Å². The normalized spacial score (nSPS) is 11.6. The summed E-state index contributed by atoms with van der Waals surface area (Å²) in [6.45, 7) is -5.14. The average molecular weight is 534 g/mol. The molecule has 0 heterocycles. The summed E-state index contributed by atoms with van der Waals surface area (Å²) in [6.07, 6.45) is 0. The minimum atomic E-state index is -1.49. The molecule has 208 valence electrons. The van der Waals surface area contributed by atoms with Crippen LogP contribution in [0.5, 0.6) is 0 Å². The zero-order valence-corrected chi connectivity index (χ0v) is 19.5. The van der Waals surface area contributed by atoms with Crippen molar-refractivity contribution < 1.29 is 53.7 Å². The van der Waals surface area contributed by atoms with Gasteiger partial charge in [0.2, 0.25) is 41.4 Å². The van der Waals surface area contributed by atoms with E-state index in [1.807, 2.05) is 5.32 Å². The van der Waals surface area contributed by atoms with Gasteiger partial charge in [0.05, 0.1) is 45.9 Å². The molecule has 0 aromatic rings. The molecule has 0 radical (unpaired) electrons. The number of aliphatic hydroxyl groups is 2. The first-order valence-electron chi connectivity index (χ1n) is 10.5. The number of carbonyl (C=O) groups excluding carboxylic acids is 7. The second-order valence-electron chi connectivity index (χ2n) is 6.97. The maximum absolute atomic E-state index is 12.0. The van der Waals surface area contributed by atoms with Crippen LogP contribution in [0.1, 0.15) is 0 Å². The minimum Gasteiger partial charge on any atom is -0.480 e. The van der Waals surface area contributed by atoms with E-state index in [0.29, 0.717) is 0 Å². The van der Waals surface area contributed by atoms with E-state index in [-0.39, 0.29) is 6.54 Å². The highest BCUT2D eigenvalue weighted by Crippen LogP contribution is 1.85. The molecule has 2 atom stereocenters. The Morgan fingerprint density at radius 3 is 1.24 bits per heavy atom. The Bertz CT molecular complexity index is 867. The number of carbonyl (C=O) groups is 8. The van der Waals surface area contributed by atoms with Crippen LogP contribution < -0.4 is 43.0 Å². The van der Waals surface area contributed by atoms with E-state index in [9.17, 15) is 48.6 Å². The Morgan fingerprint density at radius 2 is 0.892 bits per heavy atom. The molecule has 7 amide bonds. The summed E-state index contributed by atoms with van der Waals surface area (Å²) in [6, 6.07) is -2.92. The fourth-order valence-corrected chi connectivity index (χ4v) is 2.19. The largest absolute Gasteiger partial charge is 0.480 e. The summed E-state index contributed by atoms with van der Waals surface area (Å²) >= 11 is 0. The number of nitrogens with two attached hydrogens (primary N) is 1. The molecule has 0 bridgehead atoms. The van der Waals surface area contributed by atoms with Crippen molar-refractivity contribution in [2.24, 2.45) is 5.73 Å². The molecule has 0 aromatic carbocycles. The second kappa shape index (κ2) is 18.0. The molecule has 0 aliphatic rings. The van der Waals surface area contributed by atoms with Gasteiger partial charge in [0, 0.05) is 0 Å². The lowest BCUT2D eigenvalue weighted by Gasteiger charge is -2.17. The Kier molecular flexibility index (Phi) is 15.9. The van der Waals surface area contributed by atoms with Crippen LogP contribution in [0, 0.1) is 0 Å². The molecule has 0 rings (SSSR count). The van der Waals surface area contributed by atoms with Crippen LogP contribution in [0.25, 0.3) is 0 Å². The van der Waals surface area contributed by atoms with Crippen molar-refractivity contribution >= 4 is 47.3 Å². The molecule has 19 heteroatoms. The zero-order chi connectivity index (χ0) is 28.4. The standard InChI is InChI=1S/C18H30N8O11/c19-1-11(29)20-4-14(32)25-9(7-27)17(36)23-2-12(30)21-5-15(33)26-10(8-28)18(37)24-3-13(31)22-6-16(34)35/h9-10,27-28H,1-8,19H2,(H,20,29)(H,21,30)(H,22,31)(H,23,36)(H,24,37)(H,25,32)(H,26,33)(H,34,35)/t9-,10-/m0/s1. The molecule has 0 aliphatic heterocycles. The van der Waals surface area contributed by atoms with Crippen molar-refractivity contribution in [2.75, 3.05) is 52.5 Å². The Labute approximate surface area is 209 Å². The Morgan fingerprint density at radius 1 is 0.541 bits per heavy atom. The van der Waals surface area contributed by atoms with Crippen molar-refractivity contribution in [1.82, 2.24) is 37.2 Å². The number of carboxylic acids is 1. The van der Waals surface area contributed by atoms with Gasteiger partial charge in [-0.15, -0.1) is 0 Å². The smallest absolute Gasteiger partial charge is 0.322 e. The summed E-state index contributed by atoms with van der Waals surface area (Å²) in [5.74, 6) is -7.22. The molecule has 0 aliphatic carbocycles. The van der Waals surface area contributed by atoms with Crippen LogP contribution in [-0.2, 0) is 38.4 Å². The van der Waals surface area contributed by atoms with Crippen LogP contribution >= 0.6 is 0 Å². The van der Waals surface area contributed by atoms with Gasteiger partial charge in [-0.05, 0) is 0 Å². The number of amides is 7. The quantitative estimate of drug-likeness (QED) is 0.0829. The van der Waals surface area contributed by atoms with Gasteiger partial charge >= 0.3 is 5.97 Å². The lowest BCUT2D eigenvalue weighted by atomic mass is 10.2. The monoisotopic (exact) mass is 534 g/mol. The van der Waals surface area contributed by atoms with E-state index in [2.05, 4.69) is 31.9 Å². The Balaban J connectivity index is 4.41. The summed E-state index contributed by atoms with van der Waals surface area (Å²) in [5.41, 5.74) is 5.06. The third kappa shape index (κ3) is 15.3. The molecule has 37 heavy (non-hydrogen) atoms. The number of aliphatic carboxylic acids is 1. The van der Waals surface area contributed by atoms with Gasteiger partial charge in [0.15, 0.2) is 0 Å². The van der Waals surface area contributed by atoms with Crippen LogP contribution in [0.15, 0.2) is 0 Å². The van der Waals surface area contributed by atoms with Gasteiger partial charge in [-0.1, -0.05) is 0 Å². The maximum atomic E-state index is 12.0. The number of nitrogens with one attached hydrogen (secondary N) is 7. The summed E-state index contributed by atoms with van der Waals surface area (Å²) < 4.78 is 0. The van der Waals surface area contributed by atoms with E-state index in [4.69, 9.17) is 10.8 Å². The van der Waals surface area contributed by atoms with E-state index in [1.54, 1.807) is 0 Å². The van der Waals surface area contributed by atoms with Gasteiger partial charge in [-0.25, -0.2) is 0 Å². The molecule has 0 spiro atoms. The highest BCUT2D eigenvalue weighted by Gasteiger charge is 2.22. The topological polar surface area (TPSA) is 307 Å². The van der Waals surface area contributed by atoms with Crippen molar-refractivity contribution in [2.45, 2.75) is 12.1 Å². The highest BCUT2D eigenvalue weighted by atomic mass is 16.4. The lowest BCUT2D eigenvalue weighted by Crippen LogP contribution is -2.54. The van der Waals surface area contributed by atoms with Gasteiger partial charge in [0.1, 0.15) is 18.6 Å². The van der Waals surface area contributed by atoms with Crippen LogP contribution in [0.2, 0.25) is 0 Å². The zero-order valence-electron chi connectivity index (χ0n) is 19.5. The average Bonchev–Trinajstić information content (AvgIpc) is 2.87. The van der Waals surface area contributed by atoms with Crippen LogP contribution in [0.4, 0.5) is 0 Å². The van der Waals surface area contributed by atoms with E-state index in [0.717, 1.165) is 0 Å². The van der Waals surface area contributed by atoms with Gasteiger partial charge in [0.25, 0.3) is 0 Å². The first-order valence-corrected chi connectivity index (χ1v) is 10.5. The van der Waals surface area contributed by atoms with Crippen molar-refractivity contribution in [1.29, 1.82) is 0 Å². The molecule has 19 nitrogen and oxygen atoms in total. The van der Waals surface area contributed by atoms with Crippen molar-refractivity contribution in [3.63, 3.8) is 0 Å². The predicted octanol–water partition coefficient (Wildman–Crippen LogP) is -8.44. The van der Waals surface area contributed by atoms with E-state index in [1.165, 1.54) is 0 Å². The summed E-state index contributed by atoms with van der Waals surface area (Å²) in [5, 5.41) is 41.6. The number of aliphatic hydroxyl groups excluding tert-OH is 2. The molecular weight excluding hydrogens is 504 g/mol. The first kappa shape index (κ1) is 32.6. The SMILES string of the molecule is NCC(=O)NCC(=O)N[C@@H](CO)C(=O)NCC(=O)NCC(=O)N[C@@H](CO)C(=O)NCC(=O)NCC(=O)O. The second-order valence-corrected chi connectivity index (χ2v) is 6.97. The maximum Gasteiger partial charge on any atom is 0.322 e. The molecule has 0 saturated heterocycles. The van der Waals surface area contributed by atoms with E-state index < -0.39 is 105 Å². The molecule has 12 N–H and O–H groups in total. The highest BCUT2D eigenvalue weighted by molar-refractivity contribution is 5.94. The number of hydrogen-bond donors (Lipinski definition) is 11. The lowest BCUT2D eigenvalue weighted by molar-refractivity contribution is -0.138. The van der Waals surface area contributed by atoms with Crippen molar-refractivity contribution in [3.05, 3.63) is 0 Å². The first-order chi connectivity index (χ1) is 17.4. The predicted molar refractivity (Wildman–Crippen MR) is 120 cm³/mol. The number of rotatable bonds is 17. The molecule has 0 saturated carbocycles. The van der Waals surface area contributed by atoms with Gasteiger partial charge in [-0.3, -0.25) is 38.4 Å². The van der Waals surface area contributed by atoms with Gasteiger partial charge < -0.3 is 58.3 Å². The third-order valence-corrected chi connectivity index (χ3v) is 4.03. The van der Waals surface area contributed by atoms with Gasteiger partial charge in [-0.2, -0.15) is 0 Å². The summed E-state index contributed by atoms with van der Waals surface area (Å²) in [7, 11) is 0. The fourth-order valence-electron chi connectivity index (χ4n) is 2.19. The van der Waals surface area contributed by atoms with Crippen molar-refractivity contribution in [3.8, 4) is 0 Å². The molecular formula is C18H30N8O11. The molecule has 0 aromatic heterocycles. The van der Waals surface area contributed by atoms with Crippen LogP contribution in [0.3, 0.4) is 0 Å². The van der Waals surface area contributed by atoms with Crippen LogP contribution in [-0.4, -0.2) is 127 Å². The molecule has 0 unspecified atom stereocenters. The number of hydrogen-bond acceptors (Lipinski definition) is 11. The number of carboxylic acid groups (broad SMARTS) is 1.